The van der Waals surface area contributed by atoms with Crippen LogP contribution in [0, 0.1) is 5.92 Å². The molecule has 5 heteroatoms. The number of hydrogen-bond acceptors (Lipinski definition) is 2. The molecule has 0 aromatic carbocycles. The summed E-state index contributed by atoms with van der Waals surface area (Å²) in [5.74, 6) is 1.61. The summed E-state index contributed by atoms with van der Waals surface area (Å²) in [6.07, 6.45) is 9.45. The van der Waals surface area contributed by atoms with Crippen molar-refractivity contribution in [1.82, 2.24) is 15.5 Å². The maximum Gasteiger partial charge on any atom is 0.243 e. The molecule has 0 atom stereocenters. The third-order valence-electron chi connectivity index (χ3n) is 4.24. The lowest BCUT2D eigenvalue weighted by Crippen LogP contribution is -2.39. The number of nitrogens with one attached hydrogen (secondary N) is 2. The Hall–Kier alpha value is -1.52. The van der Waals surface area contributed by atoms with Gasteiger partial charge in [0.1, 0.15) is 6.54 Å². The molecule has 1 saturated carbocycles. The van der Waals surface area contributed by atoms with Gasteiger partial charge in [0.15, 0.2) is 5.96 Å². The Morgan fingerprint density at radius 3 is 2.52 bits per heavy atom. The number of likely N-dealkylation sites (N-methyl/N-ethyl adjacent to an activating group) is 1. The zero-order valence-electron chi connectivity index (χ0n) is 15.2. The summed E-state index contributed by atoms with van der Waals surface area (Å²) < 4.78 is 0. The fourth-order valence-corrected chi connectivity index (χ4v) is 2.77. The minimum atomic E-state index is 0.00336. The fraction of sp³-hybridized carbons (Fsp3) is 0.778. The van der Waals surface area contributed by atoms with Crippen molar-refractivity contribution in [3.8, 4) is 0 Å². The molecule has 2 N–H and O–H groups in total. The van der Waals surface area contributed by atoms with Crippen molar-refractivity contribution in [2.75, 3.05) is 33.7 Å². The lowest BCUT2D eigenvalue weighted by molar-refractivity contribution is -0.127. The molecule has 0 spiro atoms. The molecule has 1 aliphatic carbocycles. The van der Waals surface area contributed by atoms with Crippen LogP contribution in [0.4, 0.5) is 0 Å². The molecule has 0 radical (unpaired) electrons. The predicted molar refractivity (Wildman–Crippen MR) is 97.6 cm³/mol. The third kappa shape index (κ3) is 9.26. The molecule has 0 heterocycles. The molecule has 0 aliphatic heterocycles. The lowest BCUT2D eigenvalue weighted by Gasteiger charge is -2.21. The van der Waals surface area contributed by atoms with Crippen molar-refractivity contribution < 1.29 is 4.79 Å². The molecule has 23 heavy (non-hydrogen) atoms. The molecule has 0 bridgehead atoms. The van der Waals surface area contributed by atoms with Gasteiger partial charge in [0.05, 0.1) is 0 Å². The number of aliphatic imine (C=N–C) groups is 1. The highest BCUT2D eigenvalue weighted by atomic mass is 16.2. The molecule has 1 amide bonds. The van der Waals surface area contributed by atoms with E-state index in [1.54, 1.807) is 19.0 Å². The van der Waals surface area contributed by atoms with Gasteiger partial charge in [-0.2, -0.15) is 0 Å². The van der Waals surface area contributed by atoms with E-state index in [2.05, 4.69) is 22.2 Å². The van der Waals surface area contributed by atoms with E-state index in [0.29, 0.717) is 12.5 Å². The lowest BCUT2D eigenvalue weighted by atomic mass is 9.86. The number of nitrogens with zero attached hydrogens (tertiary/aromatic N) is 2. The molecule has 1 fully saturated rings. The van der Waals surface area contributed by atoms with Gasteiger partial charge in [0, 0.05) is 27.2 Å². The highest BCUT2D eigenvalue weighted by Gasteiger charge is 2.12. The average molecular weight is 322 g/mol. The van der Waals surface area contributed by atoms with Crippen LogP contribution in [0.1, 0.15) is 51.9 Å². The van der Waals surface area contributed by atoms with Crippen LogP contribution in [0.25, 0.3) is 0 Å². The largest absolute Gasteiger partial charge is 0.356 e. The summed E-state index contributed by atoms with van der Waals surface area (Å²) in [5.41, 5.74) is 1.04. The van der Waals surface area contributed by atoms with Gasteiger partial charge in [-0.05, 0) is 25.7 Å². The van der Waals surface area contributed by atoms with Crippen LogP contribution in [0.15, 0.2) is 17.1 Å². The van der Waals surface area contributed by atoms with Crippen LogP contribution in [0.2, 0.25) is 0 Å². The summed E-state index contributed by atoms with van der Waals surface area (Å²) >= 11 is 0. The van der Waals surface area contributed by atoms with Crippen LogP contribution in [0.3, 0.4) is 0 Å². The highest BCUT2D eigenvalue weighted by Crippen LogP contribution is 2.26. The molecule has 5 nitrogen and oxygen atoms in total. The normalized spacial score (nSPS) is 16.0. The maximum absolute atomic E-state index is 11.7. The Bertz CT molecular complexity index is 398. The van der Waals surface area contributed by atoms with Crippen LogP contribution < -0.4 is 10.6 Å². The van der Waals surface area contributed by atoms with Gasteiger partial charge in [-0.25, -0.2) is 4.99 Å². The summed E-state index contributed by atoms with van der Waals surface area (Å²) in [6, 6.07) is 0. The Labute approximate surface area is 141 Å². The molecule has 1 aliphatic rings. The second-order valence-corrected chi connectivity index (χ2v) is 6.84. The number of hydrogen-bond donors (Lipinski definition) is 2. The van der Waals surface area contributed by atoms with E-state index in [1.807, 2.05) is 6.92 Å². The van der Waals surface area contributed by atoms with Gasteiger partial charge in [-0.1, -0.05) is 44.3 Å². The number of guanidine groups is 1. The topological polar surface area (TPSA) is 56.7 Å². The average Bonchev–Trinajstić information content (AvgIpc) is 2.53. The van der Waals surface area contributed by atoms with Crippen LogP contribution in [-0.2, 0) is 4.79 Å². The number of carbonyl (C=O) groups is 1. The molecule has 0 saturated heterocycles. The van der Waals surface area contributed by atoms with E-state index in [9.17, 15) is 4.79 Å². The van der Waals surface area contributed by atoms with E-state index in [-0.39, 0.29) is 12.5 Å². The molecule has 0 aromatic rings. The molecule has 1 rings (SSSR count). The van der Waals surface area contributed by atoms with Crippen molar-refractivity contribution in [3.05, 3.63) is 12.2 Å². The van der Waals surface area contributed by atoms with E-state index in [4.69, 9.17) is 0 Å². The van der Waals surface area contributed by atoms with E-state index in [0.717, 1.165) is 24.5 Å². The maximum atomic E-state index is 11.7. The minimum absolute atomic E-state index is 0.00336. The van der Waals surface area contributed by atoms with Gasteiger partial charge in [0.25, 0.3) is 0 Å². The quantitative estimate of drug-likeness (QED) is 0.312. The third-order valence-corrected chi connectivity index (χ3v) is 4.24. The summed E-state index contributed by atoms with van der Waals surface area (Å²) in [6.45, 7) is 7.60. The van der Waals surface area contributed by atoms with E-state index < -0.39 is 0 Å². The summed E-state index contributed by atoms with van der Waals surface area (Å²) in [7, 11) is 3.49. The number of rotatable bonds is 8. The van der Waals surface area contributed by atoms with E-state index >= 15 is 0 Å². The van der Waals surface area contributed by atoms with Crippen LogP contribution in [-0.4, -0.2) is 50.5 Å². The van der Waals surface area contributed by atoms with Crippen molar-refractivity contribution in [2.45, 2.75) is 51.9 Å². The Balaban J connectivity index is 2.34. The second-order valence-electron chi connectivity index (χ2n) is 6.84. The Morgan fingerprint density at radius 2 is 1.91 bits per heavy atom. The van der Waals surface area contributed by atoms with Crippen LogP contribution in [0.5, 0.6) is 0 Å². The van der Waals surface area contributed by atoms with Crippen molar-refractivity contribution in [1.29, 1.82) is 0 Å². The summed E-state index contributed by atoms with van der Waals surface area (Å²) in [4.78, 5) is 17.6. The Kier molecular flexibility index (Phi) is 9.41. The van der Waals surface area contributed by atoms with Gasteiger partial charge >= 0.3 is 0 Å². The first-order valence-electron chi connectivity index (χ1n) is 8.85. The molecule has 0 unspecified atom stereocenters. The first-order valence-corrected chi connectivity index (χ1v) is 8.85. The number of amides is 1. The summed E-state index contributed by atoms with van der Waals surface area (Å²) in [5, 5.41) is 6.56. The predicted octanol–water partition coefficient (Wildman–Crippen LogP) is 2.55. The molecule has 132 valence electrons. The first kappa shape index (κ1) is 19.5. The fourth-order valence-electron chi connectivity index (χ4n) is 2.77. The zero-order valence-corrected chi connectivity index (χ0v) is 15.2. The molecular formula is C18H34N4O. The van der Waals surface area contributed by atoms with Crippen molar-refractivity contribution >= 4 is 11.9 Å². The zero-order chi connectivity index (χ0) is 17.1. The number of carbonyl (C=O) groups excluding carboxylic acids is 1. The van der Waals surface area contributed by atoms with Gasteiger partial charge in [0.2, 0.25) is 5.91 Å². The monoisotopic (exact) mass is 322 g/mol. The van der Waals surface area contributed by atoms with Gasteiger partial charge in [-0.3, -0.25) is 4.79 Å². The highest BCUT2D eigenvalue weighted by molar-refractivity contribution is 5.84. The van der Waals surface area contributed by atoms with Crippen LogP contribution >= 0.6 is 0 Å². The molecule has 0 aromatic heterocycles. The van der Waals surface area contributed by atoms with Crippen molar-refractivity contribution in [3.63, 3.8) is 0 Å². The Morgan fingerprint density at radius 1 is 1.22 bits per heavy atom. The SMILES string of the molecule is C=C(C)CNC(=NCC(=O)N(C)C)NCCCC1CCCCC1. The first-order chi connectivity index (χ1) is 11.0. The van der Waals surface area contributed by atoms with Gasteiger partial charge < -0.3 is 15.5 Å². The second kappa shape index (κ2) is 11.1. The standard InChI is InChI=1S/C18H34N4O/c1-15(2)13-20-18(21-14-17(23)22(3)4)19-12-8-11-16-9-6-5-7-10-16/h16H,1,5-14H2,2-4H3,(H2,19,20,21). The minimum Gasteiger partial charge on any atom is -0.356 e. The van der Waals surface area contributed by atoms with Crippen molar-refractivity contribution in [2.24, 2.45) is 10.9 Å². The smallest absolute Gasteiger partial charge is 0.243 e. The van der Waals surface area contributed by atoms with E-state index in [1.165, 1.54) is 38.5 Å². The molecular weight excluding hydrogens is 288 g/mol. The van der Waals surface area contributed by atoms with Gasteiger partial charge in [-0.15, -0.1) is 0 Å².